The Kier molecular flexibility index (Phi) is 3.38. The lowest BCUT2D eigenvalue weighted by atomic mass is 9.72. The van der Waals surface area contributed by atoms with Crippen LogP contribution in [0.3, 0.4) is 0 Å². The summed E-state index contributed by atoms with van der Waals surface area (Å²) >= 11 is 0. The average Bonchev–Trinajstić information content (AvgIpc) is 3.14. The molecule has 0 amide bonds. The molecule has 112 valence electrons. The predicted molar refractivity (Wildman–Crippen MR) is 91.5 cm³/mol. The lowest BCUT2D eigenvalue weighted by Gasteiger charge is -2.32. The fraction of sp³-hybridized carbons (Fsp3) is 0.333. The Labute approximate surface area is 133 Å². The number of hydrogen-bond donors (Lipinski definition) is 1. The Morgan fingerprint density at radius 3 is 2.14 bits per heavy atom. The minimum Gasteiger partial charge on any atom is -0.302 e. The Bertz CT molecular complexity index is 661. The molecule has 2 aliphatic rings. The Hall–Kier alpha value is -1.86. The highest BCUT2D eigenvalue weighted by Gasteiger charge is 2.51. The van der Waals surface area contributed by atoms with Crippen molar-refractivity contribution in [3.63, 3.8) is 0 Å². The Morgan fingerprint density at radius 1 is 0.909 bits per heavy atom. The van der Waals surface area contributed by atoms with Crippen LogP contribution in [0.1, 0.15) is 48.9 Å². The van der Waals surface area contributed by atoms with Gasteiger partial charge in [-0.15, -0.1) is 0 Å². The minimum atomic E-state index is 0.238. The molecular formula is C21H23N. The molecule has 0 aromatic heterocycles. The SMILES string of the molecule is C=C1CCCC12CC(c1ccccc1)NC2c1ccccc1. The zero-order valence-electron chi connectivity index (χ0n) is 13.0. The molecule has 1 heterocycles. The van der Waals surface area contributed by atoms with Crippen LogP contribution in [0, 0.1) is 5.41 Å². The predicted octanol–water partition coefficient (Wildman–Crippen LogP) is 5.19. The Balaban J connectivity index is 1.74. The summed E-state index contributed by atoms with van der Waals surface area (Å²) in [5.74, 6) is 0. The highest BCUT2D eigenvalue weighted by atomic mass is 15.0. The lowest BCUT2D eigenvalue weighted by molar-refractivity contribution is 0.321. The van der Waals surface area contributed by atoms with Crippen LogP contribution in [-0.4, -0.2) is 0 Å². The van der Waals surface area contributed by atoms with E-state index in [1.54, 1.807) is 0 Å². The molecule has 0 bridgehead atoms. The molecule has 1 spiro atoms. The standard InChI is InChI=1S/C21H23N/c1-16-9-8-14-21(16)15-19(17-10-4-2-5-11-17)22-20(21)18-12-6-3-7-13-18/h2-7,10-13,19-20,22H,1,8-9,14-15H2. The Morgan fingerprint density at radius 2 is 1.55 bits per heavy atom. The van der Waals surface area contributed by atoms with E-state index in [-0.39, 0.29) is 5.41 Å². The van der Waals surface area contributed by atoms with Crippen molar-refractivity contribution in [2.75, 3.05) is 0 Å². The summed E-state index contributed by atoms with van der Waals surface area (Å²) in [6.07, 6.45) is 4.91. The van der Waals surface area contributed by atoms with Crippen molar-refractivity contribution in [3.8, 4) is 0 Å². The lowest BCUT2D eigenvalue weighted by Crippen LogP contribution is -2.27. The van der Waals surface area contributed by atoms with Crippen molar-refractivity contribution >= 4 is 0 Å². The summed E-state index contributed by atoms with van der Waals surface area (Å²) in [5, 5.41) is 3.93. The summed E-state index contributed by atoms with van der Waals surface area (Å²) in [6, 6.07) is 22.6. The fourth-order valence-electron chi connectivity index (χ4n) is 4.50. The second-order valence-corrected chi connectivity index (χ2v) is 6.79. The van der Waals surface area contributed by atoms with Gasteiger partial charge in [0.1, 0.15) is 0 Å². The van der Waals surface area contributed by atoms with Crippen LogP contribution < -0.4 is 5.32 Å². The van der Waals surface area contributed by atoms with E-state index >= 15 is 0 Å². The summed E-state index contributed by atoms with van der Waals surface area (Å²) in [5.41, 5.74) is 4.50. The van der Waals surface area contributed by atoms with Gasteiger partial charge >= 0.3 is 0 Å². The first-order valence-corrected chi connectivity index (χ1v) is 8.34. The fourth-order valence-corrected chi connectivity index (χ4v) is 4.50. The summed E-state index contributed by atoms with van der Waals surface area (Å²) < 4.78 is 0. The van der Waals surface area contributed by atoms with Gasteiger partial charge in [-0.05, 0) is 36.8 Å². The number of nitrogens with one attached hydrogen (secondary N) is 1. The van der Waals surface area contributed by atoms with Gasteiger partial charge in [0, 0.05) is 17.5 Å². The van der Waals surface area contributed by atoms with E-state index < -0.39 is 0 Å². The molecule has 1 N–H and O–H groups in total. The number of rotatable bonds is 2. The van der Waals surface area contributed by atoms with E-state index in [0.717, 1.165) is 0 Å². The molecule has 1 heteroatoms. The van der Waals surface area contributed by atoms with Crippen LogP contribution in [0.15, 0.2) is 72.8 Å². The highest BCUT2D eigenvalue weighted by Crippen LogP contribution is 2.59. The largest absolute Gasteiger partial charge is 0.302 e. The van der Waals surface area contributed by atoms with E-state index in [4.69, 9.17) is 0 Å². The second kappa shape index (κ2) is 5.40. The maximum atomic E-state index is 4.45. The molecule has 0 radical (unpaired) electrons. The first-order chi connectivity index (χ1) is 10.8. The van der Waals surface area contributed by atoms with Crippen LogP contribution in [0.2, 0.25) is 0 Å². The second-order valence-electron chi connectivity index (χ2n) is 6.79. The van der Waals surface area contributed by atoms with Crippen molar-refractivity contribution in [2.45, 2.75) is 37.8 Å². The third-order valence-corrected chi connectivity index (χ3v) is 5.63. The van der Waals surface area contributed by atoms with Crippen LogP contribution in [0.25, 0.3) is 0 Å². The molecule has 4 rings (SSSR count). The molecule has 1 aliphatic heterocycles. The summed E-state index contributed by atoms with van der Waals surface area (Å²) in [4.78, 5) is 0. The molecular weight excluding hydrogens is 266 g/mol. The van der Waals surface area contributed by atoms with E-state index in [2.05, 4.69) is 72.6 Å². The zero-order chi connectivity index (χ0) is 15.0. The van der Waals surface area contributed by atoms with Crippen molar-refractivity contribution in [1.82, 2.24) is 5.32 Å². The van der Waals surface area contributed by atoms with Gasteiger partial charge in [0.05, 0.1) is 0 Å². The molecule has 3 atom stereocenters. The van der Waals surface area contributed by atoms with Crippen LogP contribution in [0.5, 0.6) is 0 Å². The highest BCUT2D eigenvalue weighted by molar-refractivity contribution is 5.34. The molecule has 2 fully saturated rings. The first kappa shape index (κ1) is 13.8. The van der Waals surface area contributed by atoms with Crippen LogP contribution in [-0.2, 0) is 0 Å². The topological polar surface area (TPSA) is 12.0 Å². The zero-order valence-corrected chi connectivity index (χ0v) is 13.0. The van der Waals surface area contributed by atoms with Gasteiger partial charge in [0.2, 0.25) is 0 Å². The van der Waals surface area contributed by atoms with Gasteiger partial charge < -0.3 is 5.32 Å². The number of hydrogen-bond acceptors (Lipinski definition) is 1. The van der Waals surface area contributed by atoms with E-state index in [0.29, 0.717) is 12.1 Å². The van der Waals surface area contributed by atoms with Gasteiger partial charge in [0.25, 0.3) is 0 Å². The third-order valence-electron chi connectivity index (χ3n) is 5.63. The molecule has 2 aromatic rings. The normalized spacial score (nSPS) is 31.0. The van der Waals surface area contributed by atoms with Crippen molar-refractivity contribution in [3.05, 3.63) is 83.9 Å². The maximum absolute atomic E-state index is 4.45. The van der Waals surface area contributed by atoms with Gasteiger partial charge in [-0.2, -0.15) is 0 Å². The molecule has 1 saturated heterocycles. The molecule has 2 aromatic carbocycles. The quantitative estimate of drug-likeness (QED) is 0.750. The van der Waals surface area contributed by atoms with E-state index in [1.165, 1.54) is 42.4 Å². The maximum Gasteiger partial charge on any atom is 0.0420 e. The molecule has 22 heavy (non-hydrogen) atoms. The molecule has 3 unspecified atom stereocenters. The smallest absolute Gasteiger partial charge is 0.0420 e. The van der Waals surface area contributed by atoms with Crippen molar-refractivity contribution in [1.29, 1.82) is 0 Å². The van der Waals surface area contributed by atoms with Gasteiger partial charge in [0.15, 0.2) is 0 Å². The van der Waals surface area contributed by atoms with Crippen LogP contribution >= 0.6 is 0 Å². The van der Waals surface area contributed by atoms with Crippen molar-refractivity contribution in [2.24, 2.45) is 5.41 Å². The monoisotopic (exact) mass is 289 g/mol. The molecule has 1 aliphatic carbocycles. The van der Waals surface area contributed by atoms with E-state index in [9.17, 15) is 0 Å². The molecule has 1 saturated carbocycles. The van der Waals surface area contributed by atoms with Crippen LogP contribution in [0.4, 0.5) is 0 Å². The number of benzene rings is 2. The third kappa shape index (κ3) is 2.12. The van der Waals surface area contributed by atoms with Gasteiger partial charge in [-0.3, -0.25) is 0 Å². The molecule has 1 nitrogen and oxygen atoms in total. The van der Waals surface area contributed by atoms with Gasteiger partial charge in [-0.25, -0.2) is 0 Å². The first-order valence-electron chi connectivity index (χ1n) is 8.34. The minimum absolute atomic E-state index is 0.238. The summed E-state index contributed by atoms with van der Waals surface area (Å²) in [7, 11) is 0. The van der Waals surface area contributed by atoms with Gasteiger partial charge in [-0.1, -0.05) is 72.8 Å². The van der Waals surface area contributed by atoms with Crippen molar-refractivity contribution < 1.29 is 0 Å². The average molecular weight is 289 g/mol. The van der Waals surface area contributed by atoms with E-state index in [1.807, 2.05) is 0 Å². The summed E-state index contributed by atoms with van der Waals surface area (Å²) in [6.45, 7) is 4.45.